The van der Waals surface area contributed by atoms with E-state index < -0.39 is 0 Å². The van der Waals surface area contributed by atoms with Gasteiger partial charge in [0.1, 0.15) is 0 Å². The van der Waals surface area contributed by atoms with Crippen LogP contribution in [0.2, 0.25) is 0 Å². The van der Waals surface area contributed by atoms with Crippen LogP contribution in [-0.2, 0) is 14.2 Å². The van der Waals surface area contributed by atoms with Gasteiger partial charge in [-0.1, -0.05) is 13.8 Å². The van der Waals surface area contributed by atoms with Crippen molar-refractivity contribution in [1.82, 2.24) is 0 Å². The molecule has 0 aromatic heterocycles. The predicted molar refractivity (Wildman–Crippen MR) is 67.5 cm³/mol. The molecule has 4 rings (SSSR count). The fourth-order valence-corrected chi connectivity index (χ4v) is 4.00. The van der Waals surface area contributed by atoms with E-state index in [0.29, 0.717) is 24.4 Å². The summed E-state index contributed by atoms with van der Waals surface area (Å²) in [5, 5.41) is 0. The Balaban J connectivity index is 1.56. The van der Waals surface area contributed by atoms with Crippen molar-refractivity contribution < 1.29 is 14.2 Å². The molecular formula is C15H24O3. The largest absolute Gasteiger partial charge is 0.369 e. The first-order valence-electron chi connectivity index (χ1n) is 7.34. The van der Waals surface area contributed by atoms with Gasteiger partial charge in [-0.25, -0.2) is 0 Å². The quantitative estimate of drug-likeness (QED) is 0.622. The van der Waals surface area contributed by atoms with Crippen LogP contribution in [0.5, 0.6) is 0 Å². The summed E-state index contributed by atoms with van der Waals surface area (Å²) in [5.41, 5.74) is 0.428. The van der Waals surface area contributed by atoms with Gasteiger partial charge >= 0.3 is 0 Å². The van der Waals surface area contributed by atoms with Gasteiger partial charge in [0.15, 0.2) is 0 Å². The van der Waals surface area contributed by atoms with Crippen molar-refractivity contribution >= 4 is 0 Å². The molecule has 3 saturated heterocycles. The van der Waals surface area contributed by atoms with Gasteiger partial charge in [-0.05, 0) is 38.5 Å². The summed E-state index contributed by atoms with van der Waals surface area (Å²) < 4.78 is 17.8. The van der Waals surface area contributed by atoms with Crippen molar-refractivity contribution in [1.29, 1.82) is 0 Å². The van der Waals surface area contributed by atoms with Crippen LogP contribution in [-0.4, -0.2) is 35.6 Å². The van der Waals surface area contributed by atoms with E-state index in [9.17, 15) is 0 Å². The maximum atomic E-state index is 5.97. The smallest absolute Gasteiger partial charge is 0.0946 e. The molecule has 6 atom stereocenters. The van der Waals surface area contributed by atoms with E-state index in [0.717, 1.165) is 25.7 Å². The van der Waals surface area contributed by atoms with Gasteiger partial charge in [0.05, 0.1) is 35.6 Å². The van der Waals surface area contributed by atoms with E-state index in [2.05, 4.69) is 27.7 Å². The minimum absolute atomic E-state index is 0.0839. The zero-order chi connectivity index (χ0) is 12.8. The molecule has 0 amide bonds. The molecule has 4 fully saturated rings. The molecule has 4 aliphatic rings. The van der Waals surface area contributed by atoms with Crippen LogP contribution in [0.1, 0.15) is 53.4 Å². The third-order valence-electron chi connectivity index (χ3n) is 5.64. The molecule has 18 heavy (non-hydrogen) atoms. The second-order valence-electron chi connectivity index (χ2n) is 7.87. The van der Waals surface area contributed by atoms with Gasteiger partial charge in [-0.15, -0.1) is 0 Å². The predicted octanol–water partition coefficient (Wildman–Crippen LogP) is 2.67. The third-order valence-corrected chi connectivity index (χ3v) is 5.64. The van der Waals surface area contributed by atoms with Crippen molar-refractivity contribution in [2.75, 3.05) is 0 Å². The monoisotopic (exact) mass is 252 g/mol. The molecule has 3 heteroatoms. The minimum atomic E-state index is 0.0839. The summed E-state index contributed by atoms with van der Waals surface area (Å²) in [4.78, 5) is 0. The molecule has 3 heterocycles. The highest BCUT2D eigenvalue weighted by atomic mass is 16.6. The fourth-order valence-electron chi connectivity index (χ4n) is 4.00. The number of rotatable bonds is 0. The highest BCUT2D eigenvalue weighted by Crippen LogP contribution is 2.56. The normalized spacial score (nSPS) is 60.7. The number of hydrogen-bond acceptors (Lipinski definition) is 3. The van der Waals surface area contributed by atoms with E-state index >= 15 is 0 Å². The summed E-state index contributed by atoms with van der Waals surface area (Å²) in [5.74, 6) is 0. The molecule has 0 aromatic carbocycles. The van der Waals surface area contributed by atoms with E-state index in [1.165, 1.54) is 0 Å². The summed E-state index contributed by atoms with van der Waals surface area (Å²) in [6, 6.07) is 0. The van der Waals surface area contributed by atoms with Crippen LogP contribution >= 0.6 is 0 Å². The fraction of sp³-hybridized carbons (Fsp3) is 1.00. The van der Waals surface area contributed by atoms with Gasteiger partial charge in [0, 0.05) is 6.42 Å². The maximum absolute atomic E-state index is 5.97. The highest BCUT2D eigenvalue weighted by molar-refractivity contribution is 5.12. The molecule has 0 bridgehead atoms. The summed E-state index contributed by atoms with van der Waals surface area (Å²) in [6.07, 6.45) is 6.18. The zero-order valence-electron chi connectivity index (χ0n) is 11.9. The van der Waals surface area contributed by atoms with Crippen LogP contribution in [0.25, 0.3) is 0 Å². The van der Waals surface area contributed by atoms with E-state index in [4.69, 9.17) is 14.2 Å². The first kappa shape index (κ1) is 11.7. The Morgan fingerprint density at radius 3 is 2.39 bits per heavy atom. The van der Waals surface area contributed by atoms with Crippen LogP contribution < -0.4 is 0 Å². The van der Waals surface area contributed by atoms with Gasteiger partial charge in [0.2, 0.25) is 0 Å². The Morgan fingerprint density at radius 1 is 0.889 bits per heavy atom. The first-order valence-corrected chi connectivity index (χ1v) is 7.34. The van der Waals surface area contributed by atoms with Crippen LogP contribution in [0, 0.1) is 5.41 Å². The Labute approximate surface area is 109 Å². The molecular weight excluding hydrogens is 228 g/mol. The summed E-state index contributed by atoms with van der Waals surface area (Å²) in [7, 11) is 0. The summed E-state index contributed by atoms with van der Waals surface area (Å²) >= 11 is 0. The molecule has 0 N–H and O–H groups in total. The van der Waals surface area contributed by atoms with E-state index in [-0.39, 0.29) is 16.6 Å². The lowest BCUT2D eigenvalue weighted by molar-refractivity contribution is 0.200. The lowest BCUT2D eigenvalue weighted by Gasteiger charge is -2.22. The number of ether oxygens (including phenoxy) is 3. The van der Waals surface area contributed by atoms with Crippen molar-refractivity contribution in [3.05, 3.63) is 0 Å². The van der Waals surface area contributed by atoms with E-state index in [1.807, 2.05) is 0 Å². The van der Waals surface area contributed by atoms with Crippen LogP contribution in [0.15, 0.2) is 0 Å². The maximum Gasteiger partial charge on any atom is 0.0946 e. The van der Waals surface area contributed by atoms with Crippen LogP contribution in [0.3, 0.4) is 0 Å². The molecule has 1 saturated carbocycles. The zero-order valence-corrected chi connectivity index (χ0v) is 11.9. The average molecular weight is 252 g/mol. The third kappa shape index (κ3) is 1.67. The molecule has 0 unspecified atom stereocenters. The van der Waals surface area contributed by atoms with Gasteiger partial charge in [-0.2, -0.15) is 0 Å². The lowest BCUT2D eigenvalue weighted by atomic mass is 9.80. The molecule has 0 spiro atoms. The molecule has 102 valence electrons. The summed E-state index contributed by atoms with van der Waals surface area (Å²) in [6.45, 7) is 9.15. The Bertz CT molecular complexity index is 393. The molecule has 0 radical (unpaired) electrons. The van der Waals surface area contributed by atoms with Crippen molar-refractivity contribution in [2.45, 2.75) is 89.0 Å². The topological polar surface area (TPSA) is 37.6 Å². The Morgan fingerprint density at radius 2 is 1.61 bits per heavy atom. The lowest BCUT2D eigenvalue weighted by Crippen LogP contribution is -2.26. The standard InChI is InChI=1S/C15H24O3/c1-13(2)8-11-14(3,18-11)6-5-10-15(4,17-10)7-9-12(13)16-9/h9-12H,5-8H2,1-4H3/t9-,10+,11+,12+,14+,15+/m0/s1. The van der Waals surface area contributed by atoms with Gasteiger partial charge in [0.25, 0.3) is 0 Å². The Hall–Kier alpha value is -0.120. The molecule has 1 aliphatic carbocycles. The van der Waals surface area contributed by atoms with Crippen molar-refractivity contribution in [3.63, 3.8) is 0 Å². The second kappa shape index (κ2) is 3.13. The Kier molecular flexibility index (Phi) is 2.03. The van der Waals surface area contributed by atoms with Gasteiger partial charge in [-0.3, -0.25) is 0 Å². The molecule has 0 aromatic rings. The van der Waals surface area contributed by atoms with Crippen molar-refractivity contribution in [2.24, 2.45) is 5.41 Å². The van der Waals surface area contributed by atoms with Crippen LogP contribution in [0.4, 0.5) is 0 Å². The molecule has 3 nitrogen and oxygen atoms in total. The number of epoxide rings is 3. The second-order valence-corrected chi connectivity index (χ2v) is 7.87. The number of fused-ring (bicyclic) bond motifs is 3. The van der Waals surface area contributed by atoms with Gasteiger partial charge < -0.3 is 14.2 Å². The van der Waals surface area contributed by atoms with E-state index in [1.54, 1.807) is 0 Å². The first-order chi connectivity index (χ1) is 8.32. The molecule has 3 aliphatic heterocycles. The minimum Gasteiger partial charge on any atom is -0.369 e. The average Bonchev–Trinajstić information content (AvgIpc) is 3.14. The van der Waals surface area contributed by atoms with Crippen molar-refractivity contribution in [3.8, 4) is 0 Å². The number of hydrogen-bond donors (Lipinski definition) is 0. The SMILES string of the molecule is CC1(C)C[C@H]2O[C@]2(C)CC[C@H]2O[C@]2(C)C[C@@H]2O[C@H]21. The highest BCUT2D eigenvalue weighted by Gasteiger charge is 2.64.